The van der Waals surface area contributed by atoms with Crippen LogP contribution >= 0.6 is 0 Å². The number of carbonyl (C=O) groups excluding carboxylic acids is 2. The summed E-state index contributed by atoms with van der Waals surface area (Å²) in [6, 6.07) is 23.5. The first-order chi connectivity index (χ1) is 25.0. The molecule has 0 saturated carbocycles. The quantitative estimate of drug-likeness (QED) is 0.138. The number of alkyl carbamates (subject to hydrolysis) is 1. The van der Waals surface area contributed by atoms with Gasteiger partial charge >= 0.3 is 6.09 Å². The van der Waals surface area contributed by atoms with E-state index in [2.05, 4.69) is 59.1 Å². The number of nitrogens with zero attached hydrogens (tertiary/aromatic N) is 3. The molecular formula is C40H51N5O7. The molecule has 3 heterocycles. The first-order valence-electron chi connectivity index (χ1n) is 18.3. The summed E-state index contributed by atoms with van der Waals surface area (Å²) in [5.74, 6) is -0.298. The lowest BCUT2D eigenvalue weighted by Gasteiger charge is -2.42. The molecule has 1 aromatic heterocycles. The van der Waals surface area contributed by atoms with E-state index in [0.29, 0.717) is 31.5 Å². The lowest BCUT2D eigenvalue weighted by molar-refractivity contribution is -0.248. The van der Waals surface area contributed by atoms with Gasteiger partial charge in [-0.1, -0.05) is 85.8 Å². The summed E-state index contributed by atoms with van der Waals surface area (Å²) in [6.45, 7) is 11.2. The van der Waals surface area contributed by atoms with E-state index in [-0.39, 0.29) is 12.5 Å². The maximum absolute atomic E-state index is 12.3. The molecule has 0 aliphatic carbocycles. The van der Waals surface area contributed by atoms with Crippen LogP contribution in [0.2, 0.25) is 0 Å². The molecule has 7 unspecified atom stereocenters. The number of fused-ring (bicyclic) bond motifs is 2. The maximum Gasteiger partial charge on any atom is 0.407 e. The molecule has 12 nitrogen and oxygen atoms in total. The van der Waals surface area contributed by atoms with Crippen LogP contribution in [0, 0.1) is 11.8 Å². The molecule has 2 N–H and O–H groups in total. The van der Waals surface area contributed by atoms with Crippen LogP contribution in [0.25, 0.3) is 22.0 Å². The smallest absolute Gasteiger partial charge is 0.407 e. The van der Waals surface area contributed by atoms with E-state index in [1.165, 1.54) is 6.92 Å². The molecule has 2 aliphatic heterocycles. The van der Waals surface area contributed by atoms with Gasteiger partial charge in [0, 0.05) is 25.6 Å². The first-order valence-corrected chi connectivity index (χ1v) is 18.3. The summed E-state index contributed by atoms with van der Waals surface area (Å²) in [4.78, 5) is 24.5. The second-order valence-corrected chi connectivity index (χ2v) is 14.5. The van der Waals surface area contributed by atoms with Gasteiger partial charge in [-0.2, -0.15) is 0 Å². The van der Waals surface area contributed by atoms with Gasteiger partial charge < -0.3 is 34.3 Å². The summed E-state index contributed by atoms with van der Waals surface area (Å²) in [5.41, 5.74) is 2.68. The van der Waals surface area contributed by atoms with E-state index >= 15 is 0 Å². The molecule has 278 valence electrons. The Labute approximate surface area is 305 Å². The van der Waals surface area contributed by atoms with Crippen molar-refractivity contribution in [1.82, 2.24) is 25.6 Å². The second-order valence-electron chi connectivity index (χ2n) is 14.5. The predicted molar refractivity (Wildman–Crippen MR) is 196 cm³/mol. The summed E-state index contributed by atoms with van der Waals surface area (Å²) in [7, 11) is 0. The fourth-order valence-corrected chi connectivity index (χ4v) is 6.95. The van der Waals surface area contributed by atoms with Crippen LogP contribution in [0.5, 0.6) is 0 Å². The minimum Gasteiger partial charge on any atom is -0.445 e. The number of hydrogen-bond acceptors (Lipinski definition) is 9. The minimum absolute atomic E-state index is 0.205. The number of carbonyl (C=O) groups is 2. The molecule has 2 amide bonds. The Hall–Kier alpha value is -4.36. The number of aromatic nitrogens is 3. The Bertz CT molecular complexity index is 1780. The highest BCUT2D eigenvalue weighted by molar-refractivity contribution is 5.86. The highest BCUT2D eigenvalue weighted by Gasteiger charge is 2.56. The Kier molecular flexibility index (Phi) is 12.2. The Morgan fingerprint density at radius 3 is 2.46 bits per heavy atom. The number of benzene rings is 3. The Morgan fingerprint density at radius 1 is 0.942 bits per heavy atom. The molecule has 0 spiro atoms. The molecule has 7 atom stereocenters. The van der Waals surface area contributed by atoms with Crippen LogP contribution in [0.15, 0.2) is 79.0 Å². The van der Waals surface area contributed by atoms with Crippen molar-refractivity contribution >= 4 is 22.8 Å². The summed E-state index contributed by atoms with van der Waals surface area (Å²) in [5, 5.41) is 17.0. The van der Waals surface area contributed by atoms with Crippen LogP contribution < -0.4 is 10.6 Å². The third-order valence-electron chi connectivity index (χ3n) is 9.95. The van der Waals surface area contributed by atoms with Gasteiger partial charge in [0.15, 0.2) is 12.1 Å². The predicted octanol–water partition coefficient (Wildman–Crippen LogP) is 6.23. The standard InChI is InChI=1S/C40H51N5O7/c1-26(27(2)19-20-41-39(47)49-25-29-13-7-6-8-14-29)12-11-21-48-38-35(42-28(3)46)37-36(51-40(4,5)52-37)34(50-38)24-45-23-33(43-44-45)32-18-17-30-15-9-10-16-31(30)22-32/h6-10,13-18,22-23,26-27,34-38H,11-12,19-21,24-25H2,1-5H3,(H,41,47)(H,42,46). The fourth-order valence-electron chi connectivity index (χ4n) is 6.95. The molecular weight excluding hydrogens is 662 g/mol. The van der Waals surface area contributed by atoms with Crippen molar-refractivity contribution in [3.63, 3.8) is 0 Å². The van der Waals surface area contributed by atoms with Gasteiger partial charge in [-0.25, -0.2) is 9.48 Å². The SMILES string of the molecule is CC(=O)NC1C(OCCCC(C)C(C)CCNC(=O)OCc2ccccc2)OC(Cn2cc(-c3ccc4ccccc4c3)nn2)C2OC(C)(C)OC12. The Morgan fingerprint density at radius 2 is 1.67 bits per heavy atom. The van der Waals surface area contributed by atoms with Gasteiger partial charge in [-0.15, -0.1) is 5.10 Å². The van der Waals surface area contributed by atoms with Crippen molar-refractivity contribution in [1.29, 1.82) is 0 Å². The zero-order valence-corrected chi connectivity index (χ0v) is 30.7. The number of rotatable bonds is 15. The van der Waals surface area contributed by atoms with E-state index in [4.69, 9.17) is 23.7 Å². The van der Waals surface area contributed by atoms with Crippen LogP contribution in [-0.4, -0.2) is 76.6 Å². The number of nitrogens with one attached hydrogen (secondary N) is 2. The van der Waals surface area contributed by atoms with Gasteiger partial charge in [0.25, 0.3) is 0 Å². The topological polar surface area (TPSA) is 135 Å². The summed E-state index contributed by atoms with van der Waals surface area (Å²) >= 11 is 0. The molecule has 3 aromatic carbocycles. The van der Waals surface area contributed by atoms with E-state index in [1.807, 2.05) is 68.6 Å². The van der Waals surface area contributed by atoms with Gasteiger partial charge in [-0.3, -0.25) is 4.79 Å². The summed E-state index contributed by atoms with van der Waals surface area (Å²) in [6.07, 6.45) is 1.87. The third-order valence-corrected chi connectivity index (χ3v) is 9.95. The zero-order chi connectivity index (χ0) is 36.7. The lowest BCUT2D eigenvalue weighted by Crippen LogP contribution is -2.63. The van der Waals surface area contributed by atoms with Gasteiger partial charge in [0.1, 0.15) is 36.7 Å². The van der Waals surface area contributed by atoms with Crippen molar-refractivity contribution in [3.05, 3.63) is 84.6 Å². The molecule has 4 aromatic rings. The van der Waals surface area contributed by atoms with Crippen molar-refractivity contribution in [3.8, 4) is 11.3 Å². The first kappa shape index (κ1) is 37.4. The van der Waals surface area contributed by atoms with E-state index in [9.17, 15) is 9.59 Å². The van der Waals surface area contributed by atoms with E-state index in [0.717, 1.165) is 46.9 Å². The molecule has 2 saturated heterocycles. The van der Waals surface area contributed by atoms with Gasteiger partial charge in [-0.05, 0) is 67.3 Å². The molecule has 2 fully saturated rings. The average Bonchev–Trinajstić information content (AvgIpc) is 3.74. The minimum atomic E-state index is -0.875. The third kappa shape index (κ3) is 9.74. The number of hydrogen-bond donors (Lipinski definition) is 2. The van der Waals surface area contributed by atoms with Crippen molar-refractivity contribution in [2.75, 3.05) is 13.2 Å². The normalized spacial score (nSPS) is 23.4. The summed E-state index contributed by atoms with van der Waals surface area (Å²) < 4.78 is 32.8. The van der Waals surface area contributed by atoms with Crippen molar-refractivity contribution in [2.45, 2.75) is 103 Å². The molecule has 52 heavy (non-hydrogen) atoms. The molecule has 2 aliphatic rings. The molecule has 6 rings (SSSR count). The van der Waals surface area contributed by atoms with Crippen molar-refractivity contribution < 1.29 is 33.3 Å². The van der Waals surface area contributed by atoms with Crippen molar-refractivity contribution in [2.24, 2.45) is 11.8 Å². The molecule has 0 bridgehead atoms. The molecule has 0 radical (unpaired) electrons. The van der Waals surface area contributed by atoms with Crippen LogP contribution in [0.3, 0.4) is 0 Å². The fraction of sp³-hybridized carbons (Fsp3) is 0.500. The number of ether oxygens (including phenoxy) is 5. The largest absolute Gasteiger partial charge is 0.445 e. The van der Waals surface area contributed by atoms with E-state index in [1.54, 1.807) is 4.68 Å². The Balaban J connectivity index is 1.02. The monoisotopic (exact) mass is 713 g/mol. The van der Waals surface area contributed by atoms with E-state index < -0.39 is 42.5 Å². The van der Waals surface area contributed by atoms with Crippen LogP contribution in [0.4, 0.5) is 4.79 Å². The van der Waals surface area contributed by atoms with Crippen LogP contribution in [0.1, 0.15) is 59.4 Å². The highest BCUT2D eigenvalue weighted by Crippen LogP contribution is 2.38. The highest BCUT2D eigenvalue weighted by atomic mass is 16.8. The zero-order valence-electron chi connectivity index (χ0n) is 30.7. The average molecular weight is 714 g/mol. The molecule has 12 heteroatoms. The second kappa shape index (κ2) is 17.0. The van der Waals surface area contributed by atoms with Crippen LogP contribution in [-0.2, 0) is 41.6 Å². The van der Waals surface area contributed by atoms with Gasteiger partial charge in [0.05, 0.1) is 12.7 Å². The maximum atomic E-state index is 12.3. The lowest BCUT2D eigenvalue weighted by atomic mass is 9.89. The van der Waals surface area contributed by atoms with Gasteiger partial charge in [0.2, 0.25) is 5.91 Å². The number of amides is 2.